The van der Waals surface area contributed by atoms with Crippen LogP contribution in [0.4, 0.5) is 10.8 Å². The van der Waals surface area contributed by atoms with E-state index in [9.17, 15) is 28.1 Å². The standard InChI is InChI=1S/C18H21N5O6S2/c1-13-2-3-14(23(26)27)12-15(13)31(28,29)22-9-7-21(8-10-22)17(25)5-4-16(24)20-18-19-6-11-30-18/h2-3,6,11-12H,4-5,7-10H2,1H3,(H,19,20,24). The summed E-state index contributed by atoms with van der Waals surface area (Å²) in [4.78, 5) is 40.0. The number of aromatic nitrogens is 1. The molecule has 1 aliphatic rings. The van der Waals surface area contributed by atoms with Crippen molar-refractivity contribution in [3.05, 3.63) is 45.5 Å². The van der Waals surface area contributed by atoms with Crippen molar-refractivity contribution in [2.75, 3.05) is 31.5 Å². The average molecular weight is 468 g/mol. The van der Waals surface area contributed by atoms with Gasteiger partial charge in [-0.2, -0.15) is 4.31 Å². The predicted octanol–water partition coefficient (Wildman–Crippen LogP) is 1.61. The summed E-state index contributed by atoms with van der Waals surface area (Å²) in [5.41, 5.74) is 0.115. The maximum atomic E-state index is 13.0. The molecule has 0 atom stereocenters. The smallest absolute Gasteiger partial charge is 0.270 e. The van der Waals surface area contributed by atoms with Crippen LogP contribution in [0, 0.1) is 17.0 Å². The summed E-state index contributed by atoms with van der Waals surface area (Å²) in [5, 5.41) is 15.8. The Balaban J connectivity index is 1.56. The largest absolute Gasteiger partial charge is 0.340 e. The Labute approximate surface area is 182 Å². The molecule has 1 saturated heterocycles. The van der Waals surface area contributed by atoms with Gasteiger partial charge in [0.1, 0.15) is 0 Å². The van der Waals surface area contributed by atoms with Gasteiger partial charge in [-0.05, 0) is 12.5 Å². The SMILES string of the molecule is Cc1ccc([N+](=O)[O-])cc1S(=O)(=O)N1CCN(C(=O)CCC(=O)Nc2nccs2)CC1. The van der Waals surface area contributed by atoms with Gasteiger partial charge < -0.3 is 10.2 Å². The number of rotatable bonds is 7. The quantitative estimate of drug-likeness (QED) is 0.481. The summed E-state index contributed by atoms with van der Waals surface area (Å²) in [5.74, 6) is -0.552. The van der Waals surface area contributed by atoms with E-state index in [0.29, 0.717) is 10.7 Å². The minimum absolute atomic E-state index is 0.00377. The van der Waals surface area contributed by atoms with Crippen molar-refractivity contribution in [2.45, 2.75) is 24.7 Å². The third-order valence-electron chi connectivity index (χ3n) is 4.84. The van der Waals surface area contributed by atoms with E-state index in [4.69, 9.17) is 0 Å². The number of hydrogen-bond donors (Lipinski definition) is 1. The van der Waals surface area contributed by atoms with E-state index in [0.717, 1.165) is 6.07 Å². The fraction of sp³-hybridized carbons (Fsp3) is 0.389. The molecule has 0 bridgehead atoms. The van der Waals surface area contributed by atoms with E-state index in [-0.39, 0.29) is 61.4 Å². The molecule has 0 spiro atoms. The van der Waals surface area contributed by atoms with Gasteiger partial charge in [-0.1, -0.05) is 6.07 Å². The number of amides is 2. The fourth-order valence-electron chi connectivity index (χ4n) is 3.14. The Hall–Kier alpha value is -2.90. The van der Waals surface area contributed by atoms with Crippen LogP contribution in [0.1, 0.15) is 18.4 Å². The molecule has 2 heterocycles. The van der Waals surface area contributed by atoms with Crippen molar-refractivity contribution in [1.29, 1.82) is 0 Å². The maximum Gasteiger partial charge on any atom is 0.270 e. The number of sulfonamides is 1. The van der Waals surface area contributed by atoms with Crippen LogP contribution >= 0.6 is 11.3 Å². The van der Waals surface area contributed by atoms with E-state index in [1.54, 1.807) is 18.5 Å². The molecule has 1 N–H and O–H groups in total. The number of benzene rings is 1. The lowest BCUT2D eigenvalue weighted by atomic mass is 10.2. The molecule has 31 heavy (non-hydrogen) atoms. The first-order valence-corrected chi connectivity index (χ1v) is 11.7. The van der Waals surface area contributed by atoms with Crippen LogP contribution in [0.5, 0.6) is 0 Å². The van der Waals surface area contributed by atoms with Crippen LogP contribution < -0.4 is 5.32 Å². The number of hydrogen-bond acceptors (Lipinski definition) is 8. The van der Waals surface area contributed by atoms with Gasteiger partial charge in [0.25, 0.3) is 5.69 Å². The highest BCUT2D eigenvalue weighted by Gasteiger charge is 2.32. The van der Waals surface area contributed by atoms with Gasteiger partial charge >= 0.3 is 0 Å². The van der Waals surface area contributed by atoms with Gasteiger partial charge in [0.2, 0.25) is 21.8 Å². The van der Waals surface area contributed by atoms with E-state index in [1.807, 2.05) is 0 Å². The summed E-state index contributed by atoms with van der Waals surface area (Å²) < 4.78 is 27.2. The topological polar surface area (TPSA) is 143 Å². The molecule has 0 saturated carbocycles. The first-order valence-electron chi connectivity index (χ1n) is 9.41. The molecule has 0 aliphatic carbocycles. The van der Waals surface area contributed by atoms with Crippen LogP contribution in [0.2, 0.25) is 0 Å². The number of aryl methyl sites for hydroxylation is 1. The van der Waals surface area contributed by atoms with Crippen LogP contribution in [0.3, 0.4) is 0 Å². The zero-order valence-electron chi connectivity index (χ0n) is 16.7. The number of nitrogens with one attached hydrogen (secondary N) is 1. The first-order chi connectivity index (χ1) is 14.7. The summed E-state index contributed by atoms with van der Waals surface area (Å²) in [7, 11) is -3.93. The van der Waals surface area contributed by atoms with Crippen LogP contribution in [-0.4, -0.2) is 65.5 Å². The molecular weight excluding hydrogens is 446 g/mol. The molecule has 1 aromatic heterocycles. The van der Waals surface area contributed by atoms with Crippen molar-refractivity contribution < 1.29 is 22.9 Å². The Bertz CT molecular complexity index is 1080. The van der Waals surface area contributed by atoms with Crippen molar-refractivity contribution in [2.24, 2.45) is 0 Å². The summed E-state index contributed by atoms with van der Waals surface area (Å²) >= 11 is 1.28. The minimum atomic E-state index is -3.93. The molecule has 2 amide bonds. The van der Waals surface area contributed by atoms with Gasteiger partial charge in [0.15, 0.2) is 5.13 Å². The average Bonchev–Trinajstić information content (AvgIpc) is 3.25. The second-order valence-corrected chi connectivity index (χ2v) is 9.68. The molecule has 1 aromatic carbocycles. The van der Waals surface area contributed by atoms with Crippen LogP contribution in [0.25, 0.3) is 0 Å². The van der Waals surface area contributed by atoms with Gasteiger partial charge in [-0.3, -0.25) is 19.7 Å². The minimum Gasteiger partial charge on any atom is -0.340 e. The van der Waals surface area contributed by atoms with E-state index in [1.165, 1.54) is 32.7 Å². The lowest BCUT2D eigenvalue weighted by Crippen LogP contribution is -2.50. The molecule has 3 rings (SSSR count). The summed E-state index contributed by atoms with van der Waals surface area (Å²) in [6, 6.07) is 3.72. The van der Waals surface area contributed by atoms with Crippen LogP contribution in [0.15, 0.2) is 34.7 Å². The third kappa shape index (κ3) is 5.42. The number of carbonyl (C=O) groups is 2. The summed E-state index contributed by atoms with van der Waals surface area (Å²) in [6.45, 7) is 2.08. The number of nitrogens with zero attached hydrogens (tertiary/aromatic N) is 4. The second kappa shape index (κ2) is 9.49. The number of thiazole rings is 1. The van der Waals surface area contributed by atoms with Crippen molar-refractivity contribution in [1.82, 2.24) is 14.2 Å². The molecule has 1 fully saturated rings. The Morgan fingerprint density at radius 2 is 1.94 bits per heavy atom. The highest BCUT2D eigenvalue weighted by molar-refractivity contribution is 7.89. The number of carbonyl (C=O) groups excluding carboxylic acids is 2. The normalized spacial score (nSPS) is 14.9. The Morgan fingerprint density at radius 3 is 2.55 bits per heavy atom. The molecule has 2 aromatic rings. The molecule has 11 nitrogen and oxygen atoms in total. The molecule has 13 heteroatoms. The molecule has 1 aliphatic heterocycles. The maximum absolute atomic E-state index is 13.0. The second-order valence-electron chi connectivity index (χ2n) is 6.88. The lowest BCUT2D eigenvalue weighted by Gasteiger charge is -2.34. The fourth-order valence-corrected chi connectivity index (χ4v) is 5.35. The monoisotopic (exact) mass is 467 g/mol. The predicted molar refractivity (Wildman–Crippen MR) is 113 cm³/mol. The van der Waals surface area contributed by atoms with E-state index in [2.05, 4.69) is 10.3 Å². The number of piperazine rings is 1. The molecular formula is C18H21N5O6S2. The van der Waals surface area contributed by atoms with E-state index >= 15 is 0 Å². The summed E-state index contributed by atoms with van der Waals surface area (Å²) in [6.07, 6.45) is 1.58. The molecule has 166 valence electrons. The Kier molecular flexibility index (Phi) is 6.97. The van der Waals surface area contributed by atoms with Gasteiger partial charge in [0.05, 0.1) is 9.82 Å². The van der Waals surface area contributed by atoms with Crippen molar-refractivity contribution in [3.8, 4) is 0 Å². The number of non-ortho nitro benzene ring substituents is 1. The zero-order chi connectivity index (χ0) is 22.6. The van der Waals surface area contributed by atoms with Gasteiger partial charge in [-0.15, -0.1) is 11.3 Å². The van der Waals surface area contributed by atoms with Gasteiger partial charge in [0, 0.05) is 62.7 Å². The molecule has 0 radical (unpaired) electrons. The molecule has 0 unspecified atom stereocenters. The lowest BCUT2D eigenvalue weighted by molar-refractivity contribution is -0.385. The van der Waals surface area contributed by atoms with Gasteiger partial charge in [-0.25, -0.2) is 13.4 Å². The Morgan fingerprint density at radius 1 is 1.23 bits per heavy atom. The number of anilines is 1. The van der Waals surface area contributed by atoms with Crippen molar-refractivity contribution >= 4 is 44.0 Å². The third-order valence-corrected chi connectivity index (χ3v) is 7.57. The number of nitro groups is 1. The van der Waals surface area contributed by atoms with E-state index < -0.39 is 14.9 Å². The number of nitro benzene ring substituents is 1. The van der Waals surface area contributed by atoms with Crippen LogP contribution in [-0.2, 0) is 19.6 Å². The zero-order valence-corrected chi connectivity index (χ0v) is 18.3. The van der Waals surface area contributed by atoms with Crippen molar-refractivity contribution in [3.63, 3.8) is 0 Å². The highest BCUT2D eigenvalue weighted by Crippen LogP contribution is 2.25. The highest BCUT2D eigenvalue weighted by atomic mass is 32.2. The first kappa shape index (κ1) is 22.8.